The Labute approximate surface area is 236 Å². The summed E-state index contributed by atoms with van der Waals surface area (Å²) >= 11 is 1.30. The van der Waals surface area contributed by atoms with E-state index >= 15 is 0 Å². The minimum atomic E-state index is -1.61. The van der Waals surface area contributed by atoms with Gasteiger partial charge in [0.2, 0.25) is 0 Å². The predicted molar refractivity (Wildman–Crippen MR) is 163 cm³/mol. The molecule has 3 aromatic carbocycles. The van der Waals surface area contributed by atoms with Crippen molar-refractivity contribution in [3.63, 3.8) is 0 Å². The number of fused-ring (bicyclic) bond motifs is 3. The summed E-state index contributed by atoms with van der Waals surface area (Å²) in [6.07, 6.45) is 0. The molecule has 0 bridgehead atoms. The van der Waals surface area contributed by atoms with Crippen molar-refractivity contribution in [3.8, 4) is 0 Å². The van der Waals surface area contributed by atoms with Crippen LogP contribution in [0.5, 0.6) is 0 Å². The summed E-state index contributed by atoms with van der Waals surface area (Å²) in [6.45, 7) is 20.5. The van der Waals surface area contributed by atoms with Crippen molar-refractivity contribution in [2.45, 2.75) is 66.0 Å². The van der Waals surface area contributed by atoms with Crippen molar-refractivity contribution < 1.29 is 29.0 Å². The van der Waals surface area contributed by atoms with Gasteiger partial charge in [0.15, 0.2) is 8.32 Å². The molecule has 0 saturated heterocycles. The second kappa shape index (κ2) is 26.6. The standard InChI is InChI=1S/C13H9.C4H10N.C3H10OSi.C2H6Si.C2H5.CH3.CH2.2ClH.Zr/c1-3-7-12-10(5-1)9-11-6-2-4-8-13(11)12;1-4(2,3)5;1-5(2,3)4;1-3-2;1-2;;;;;/h1-9H;5H,1-3H3;4H,1-3H3;1-2H3;1H2,2H3;1H3;1H2;2*1H;/q2*-1;;;2*-1;;;;. The fourth-order valence-corrected chi connectivity index (χ4v) is 1.90. The third kappa shape index (κ3) is 32.0. The van der Waals surface area contributed by atoms with Crippen LogP contribution in [0, 0.1) is 14.4 Å². The summed E-state index contributed by atoms with van der Waals surface area (Å²) in [5.74, 6) is 0. The summed E-state index contributed by atoms with van der Waals surface area (Å²) < 4.78 is 3.34. The van der Waals surface area contributed by atoms with Gasteiger partial charge < -0.3 is 24.9 Å². The maximum atomic E-state index is 8.66. The van der Waals surface area contributed by atoms with E-state index < -0.39 is 8.32 Å². The third-order valence-electron chi connectivity index (χ3n) is 2.52. The van der Waals surface area contributed by atoms with E-state index in [1.54, 1.807) is 6.92 Å². The minimum absolute atomic E-state index is 0. The Morgan fingerprint density at radius 1 is 0.879 bits per heavy atom. The molecular weight excluding hydrogens is 561 g/mol. The van der Waals surface area contributed by atoms with Crippen LogP contribution in [-0.2, 0) is 24.2 Å². The van der Waals surface area contributed by atoms with Gasteiger partial charge in [-0.3, -0.25) is 0 Å². The molecule has 0 aliphatic rings. The molecule has 0 saturated carbocycles. The SMILES string of the molecule is CC(C)(C)[NH-].C[Si](C)(C)O.C[Si]C.Cl.Cl.[CH2-]C.[CH2]=[Zr].[CH3-].c1ccc2c(c1)[cH-]c1ccccc12. The van der Waals surface area contributed by atoms with Crippen molar-refractivity contribution in [2.75, 3.05) is 0 Å². The third-order valence-corrected chi connectivity index (χ3v) is 2.52. The number of hydrogen-bond acceptors (Lipinski definition) is 1. The monoisotopic (exact) mass is 605 g/mol. The maximum absolute atomic E-state index is 8.66. The zero-order valence-electron chi connectivity index (χ0n) is 22.4. The number of nitrogens with one attached hydrogen (secondary N) is 1. The molecular formula is C26H47Cl2NOSi2Zr-4. The Kier molecular flexibility index (Phi) is 37.4. The van der Waals surface area contributed by atoms with Gasteiger partial charge in [0.25, 0.3) is 0 Å². The van der Waals surface area contributed by atoms with Gasteiger partial charge in [0.1, 0.15) is 0 Å². The molecule has 2 N–H and O–H groups in total. The molecule has 2 nitrogen and oxygen atoms in total. The van der Waals surface area contributed by atoms with Gasteiger partial charge >= 0.3 is 28.4 Å². The fourth-order valence-electron chi connectivity index (χ4n) is 1.90. The number of rotatable bonds is 0. The van der Waals surface area contributed by atoms with E-state index in [0.29, 0.717) is 0 Å². The predicted octanol–water partition coefficient (Wildman–Crippen LogP) is 9.25. The normalized spacial score (nSPS) is 8.82. The van der Waals surface area contributed by atoms with Crippen molar-refractivity contribution in [2.24, 2.45) is 0 Å². The first-order valence-corrected chi connectivity index (χ1v) is 17.2. The van der Waals surface area contributed by atoms with Crippen molar-refractivity contribution in [1.29, 1.82) is 0 Å². The molecule has 0 heterocycles. The Bertz CT molecular complexity index is 711. The van der Waals surface area contributed by atoms with Crippen LogP contribution in [0.15, 0.2) is 54.6 Å². The van der Waals surface area contributed by atoms with Crippen molar-refractivity contribution >= 4 is 68.4 Å². The molecule has 0 fully saturated rings. The second-order valence-corrected chi connectivity index (χ2v) is 13.6. The number of benzene rings is 2. The number of halogens is 2. The Hall–Kier alpha value is -0.00312. The van der Waals surface area contributed by atoms with E-state index in [-0.39, 0.29) is 37.8 Å². The zero-order valence-corrected chi connectivity index (χ0v) is 28.5. The minimum Gasteiger partial charge on any atom is -0.358 e. The summed E-state index contributed by atoms with van der Waals surface area (Å²) in [5, 5.41) is 5.39. The van der Waals surface area contributed by atoms with Gasteiger partial charge in [-0.1, -0.05) is 70.3 Å². The molecule has 2 radical (unpaired) electrons. The van der Waals surface area contributed by atoms with Gasteiger partial charge in [-0.25, -0.2) is 0 Å². The van der Waals surface area contributed by atoms with Gasteiger partial charge in [-0.2, -0.15) is 6.92 Å². The first kappa shape index (κ1) is 46.4. The van der Waals surface area contributed by atoms with Crippen LogP contribution < -0.4 is 0 Å². The molecule has 33 heavy (non-hydrogen) atoms. The summed E-state index contributed by atoms with van der Waals surface area (Å²) in [4.78, 5) is 8.66. The van der Waals surface area contributed by atoms with Crippen LogP contribution in [0.1, 0.15) is 27.7 Å². The van der Waals surface area contributed by atoms with Crippen LogP contribution in [0.2, 0.25) is 32.7 Å². The first-order chi connectivity index (χ1) is 13.9. The van der Waals surface area contributed by atoms with E-state index in [9.17, 15) is 0 Å². The molecule has 0 amide bonds. The average Bonchev–Trinajstić information content (AvgIpc) is 3.02. The summed E-state index contributed by atoms with van der Waals surface area (Å²) in [7, 11) is -0.528. The van der Waals surface area contributed by atoms with Crippen LogP contribution >= 0.6 is 24.8 Å². The Morgan fingerprint density at radius 3 is 1.27 bits per heavy atom. The zero-order chi connectivity index (χ0) is 24.4. The molecule has 3 aromatic rings. The van der Waals surface area contributed by atoms with Gasteiger partial charge in [-0.15, -0.1) is 70.1 Å². The molecule has 0 spiro atoms. The van der Waals surface area contributed by atoms with E-state index in [0.717, 1.165) is 9.52 Å². The van der Waals surface area contributed by atoms with E-state index in [1.807, 2.05) is 40.4 Å². The number of hydrogen-bond donors (Lipinski definition) is 1. The van der Waals surface area contributed by atoms with Crippen molar-refractivity contribution in [3.05, 3.63) is 74.7 Å². The van der Waals surface area contributed by atoms with Crippen LogP contribution in [-0.4, -0.2) is 32.4 Å². The first-order valence-electron chi connectivity index (χ1n) is 10.0. The van der Waals surface area contributed by atoms with E-state index in [1.165, 1.54) is 45.8 Å². The largest absolute Gasteiger partial charge is 0.358 e. The van der Waals surface area contributed by atoms with Gasteiger partial charge in [0.05, 0.1) is 0 Å². The van der Waals surface area contributed by atoms with E-state index in [2.05, 4.69) is 78.8 Å². The summed E-state index contributed by atoms with van der Waals surface area (Å²) in [6, 6.07) is 19.3. The van der Waals surface area contributed by atoms with Gasteiger partial charge in [0, 0.05) is 9.52 Å². The van der Waals surface area contributed by atoms with Crippen molar-refractivity contribution in [1.82, 2.24) is 0 Å². The molecule has 3 rings (SSSR count). The molecule has 0 aromatic heterocycles. The quantitative estimate of drug-likeness (QED) is 0.201. The van der Waals surface area contributed by atoms with Crippen LogP contribution in [0.4, 0.5) is 0 Å². The Morgan fingerprint density at radius 2 is 1.06 bits per heavy atom. The molecule has 0 aliphatic carbocycles. The van der Waals surface area contributed by atoms with E-state index in [4.69, 9.17) is 10.5 Å². The molecule has 0 atom stereocenters. The molecule has 192 valence electrons. The average molecular weight is 608 g/mol. The maximum Gasteiger partial charge on any atom is -0.0771 e. The topological polar surface area (TPSA) is 44.0 Å². The fraction of sp³-hybridized carbons (Fsp3) is 0.385. The summed E-state index contributed by atoms with van der Waals surface area (Å²) in [5.41, 5.74) is 6.69. The van der Waals surface area contributed by atoms with Crippen LogP contribution in [0.25, 0.3) is 27.3 Å². The molecule has 0 unspecified atom stereocenters. The smallest absolute Gasteiger partial charge is 0.0771 e. The van der Waals surface area contributed by atoms with Crippen LogP contribution in [0.3, 0.4) is 0 Å². The second-order valence-electron chi connectivity index (χ2n) is 8.24. The molecule has 0 aliphatic heterocycles. The molecule has 7 heteroatoms. The van der Waals surface area contributed by atoms with Gasteiger partial charge in [-0.05, 0) is 19.6 Å². The Balaban J connectivity index is -0.0000000788.